The minimum atomic E-state index is -0.269. The number of nitrogens with zero attached hydrogens (tertiary/aromatic N) is 2. The van der Waals surface area contributed by atoms with Gasteiger partial charge in [-0.2, -0.15) is 0 Å². The number of rotatable bonds is 5. The van der Waals surface area contributed by atoms with E-state index in [0.717, 1.165) is 21.4 Å². The van der Waals surface area contributed by atoms with Crippen LogP contribution in [0, 0.1) is 5.92 Å². The van der Waals surface area contributed by atoms with Crippen molar-refractivity contribution in [3.63, 3.8) is 0 Å². The van der Waals surface area contributed by atoms with E-state index in [0.29, 0.717) is 23.2 Å². The van der Waals surface area contributed by atoms with Crippen molar-refractivity contribution in [1.82, 2.24) is 10.2 Å². The maximum absolute atomic E-state index is 12.4. The van der Waals surface area contributed by atoms with Crippen LogP contribution in [0.4, 0.5) is 5.13 Å². The lowest BCUT2D eigenvalue weighted by atomic mass is 9.96. The predicted octanol–water partition coefficient (Wildman–Crippen LogP) is 3.66. The quantitative estimate of drug-likeness (QED) is 0.496. The number of thioether (sulfide) groups is 1. The molecule has 0 spiro atoms. The van der Waals surface area contributed by atoms with Crippen LogP contribution in [0.25, 0.3) is 0 Å². The normalized spacial score (nSPS) is 16.3. The summed E-state index contributed by atoms with van der Waals surface area (Å²) in [6.45, 7) is 4.00. The van der Waals surface area contributed by atoms with Crippen LogP contribution in [0.2, 0.25) is 5.02 Å². The zero-order valence-corrected chi connectivity index (χ0v) is 14.5. The molecular weight excluding hydrogens is 354 g/mol. The Kier molecular flexibility index (Phi) is 5.20. The van der Waals surface area contributed by atoms with Gasteiger partial charge < -0.3 is 10.1 Å². The fourth-order valence-electron chi connectivity index (χ4n) is 2.19. The second-order valence-corrected chi connectivity index (χ2v) is 7.61. The molecule has 1 aromatic heterocycles. The number of benzene rings is 1. The van der Waals surface area contributed by atoms with Crippen LogP contribution in [-0.4, -0.2) is 28.5 Å². The predicted molar refractivity (Wildman–Crippen MR) is 93.6 cm³/mol. The molecule has 0 saturated heterocycles. The van der Waals surface area contributed by atoms with Gasteiger partial charge in [0.2, 0.25) is 11.0 Å². The lowest BCUT2D eigenvalue weighted by molar-refractivity contribution is -0.121. The molecule has 120 valence electrons. The summed E-state index contributed by atoms with van der Waals surface area (Å²) in [7, 11) is 0. The van der Waals surface area contributed by atoms with Crippen LogP contribution in [0.5, 0.6) is 5.75 Å². The molecule has 1 aliphatic rings. The Hall–Kier alpha value is -1.57. The van der Waals surface area contributed by atoms with Gasteiger partial charge in [0.05, 0.1) is 5.92 Å². The van der Waals surface area contributed by atoms with E-state index in [1.54, 1.807) is 12.1 Å². The van der Waals surface area contributed by atoms with Crippen LogP contribution in [0.15, 0.2) is 35.2 Å². The Morgan fingerprint density at radius 3 is 3.26 bits per heavy atom. The highest BCUT2D eigenvalue weighted by Crippen LogP contribution is 2.31. The van der Waals surface area contributed by atoms with Gasteiger partial charge in [-0.3, -0.25) is 4.79 Å². The summed E-state index contributed by atoms with van der Waals surface area (Å²) in [5.41, 5.74) is 0.948. The molecular formula is C15H14ClN3O2S2. The minimum Gasteiger partial charge on any atom is -0.492 e. The smallest absolute Gasteiger partial charge is 0.233 e. The third kappa shape index (κ3) is 4.04. The molecule has 5 nitrogen and oxygen atoms in total. The largest absolute Gasteiger partial charge is 0.492 e. The number of fused-ring (bicyclic) bond motifs is 1. The molecule has 0 fully saturated rings. The van der Waals surface area contributed by atoms with Crippen LogP contribution < -0.4 is 10.1 Å². The van der Waals surface area contributed by atoms with Gasteiger partial charge in [-0.1, -0.05) is 40.8 Å². The lowest BCUT2D eigenvalue weighted by Crippen LogP contribution is -2.32. The molecule has 1 aliphatic heterocycles. The fraction of sp³-hybridized carbons (Fsp3) is 0.267. The number of anilines is 1. The average Bonchev–Trinajstić information content (AvgIpc) is 2.99. The van der Waals surface area contributed by atoms with Crippen LogP contribution in [-0.2, 0) is 11.2 Å². The van der Waals surface area contributed by atoms with E-state index in [2.05, 4.69) is 22.1 Å². The highest BCUT2D eigenvalue weighted by atomic mass is 35.5. The Morgan fingerprint density at radius 1 is 1.57 bits per heavy atom. The third-order valence-electron chi connectivity index (χ3n) is 3.26. The maximum Gasteiger partial charge on any atom is 0.233 e. The first-order valence-electron chi connectivity index (χ1n) is 6.95. The maximum atomic E-state index is 12.4. The second kappa shape index (κ2) is 7.33. The number of carbonyl (C=O) groups is 1. The highest BCUT2D eigenvalue weighted by molar-refractivity contribution is 8.01. The number of nitrogens with one attached hydrogen (secondary N) is 1. The molecule has 2 heterocycles. The first-order chi connectivity index (χ1) is 11.2. The molecule has 8 heteroatoms. The number of ether oxygens (including phenoxy) is 1. The number of halogens is 1. The summed E-state index contributed by atoms with van der Waals surface area (Å²) in [6.07, 6.45) is 2.39. The van der Waals surface area contributed by atoms with Gasteiger partial charge in [-0.25, -0.2) is 0 Å². The second-order valence-electron chi connectivity index (χ2n) is 4.93. The summed E-state index contributed by atoms with van der Waals surface area (Å²) < 4.78 is 6.44. The molecule has 2 aromatic rings. The zero-order valence-electron chi connectivity index (χ0n) is 12.1. The van der Waals surface area contributed by atoms with Crippen molar-refractivity contribution in [3.8, 4) is 5.75 Å². The summed E-state index contributed by atoms with van der Waals surface area (Å²) in [6, 6.07) is 5.45. The number of aromatic nitrogens is 2. The van der Waals surface area contributed by atoms with Gasteiger partial charge >= 0.3 is 0 Å². The first kappa shape index (κ1) is 16.3. The van der Waals surface area contributed by atoms with Crippen LogP contribution in [0.1, 0.15) is 5.56 Å². The monoisotopic (exact) mass is 367 g/mol. The van der Waals surface area contributed by atoms with Crippen molar-refractivity contribution >= 4 is 45.7 Å². The van der Waals surface area contributed by atoms with E-state index < -0.39 is 0 Å². The van der Waals surface area contributed by atoms with Crippen molar-refractivity contribution < 1.29 is 9.53 Å². The van der Waals surface area contributed by atoms with Crippen molar-refractivity contribution in [2.24, 2.45) is 5.92 Å². The number of amides is 1. The molecule has 1 amide bonds. The minimum absolute atomic E-state index is 0.118. The summed E-state index contributed by atoms with van der Waals surface area (Å²) in [5, 5.41) is 11.9. The number of carbonyl (C=O) groups excluding carboxylic acids is 1. The van der Waals surface area contributed by atoms with Crippen LogP contribution in [0.3, 0.4) is 0 Å². The molecule has 1 N–H and O–H groups in total. The van der Waals surface area contributed by atoms with Crippen LogP contribution >= 0.6 is 34.7 Å². The van der Waals surface area contributed by atoms with Gasteiger partial charge in [0.25, 0.3) is 0 Å². The van der Waals surface area contributed by atoms with E-state index in [9.17, 15) is 4.79 Å². The fourth-order valence-corrected chi connectivity index (χ4v) is 3.90. The van der Waals surface area contributed by atoms with Crippen molar-refractivity contribution in [2.45, 2.75) is 10.8 Å². The van der Waals surface area contributed by atoms with Gasteiger partial charge in [-0.05, 0) is 30.2 Å². The van der Waals surface area contributed by atoms with E-state index in [-0.39, 0.29) is 11.8 Å². The Labute approximate surface area is 147 Å². The van der Waals surface area contributed by atoms with Gasteiger partial charge in [0.15, 0.2) is 4.34 Å². The lowest BCUT2D eigenvalue weighted by Gasteiger charge is -2.24. The van der Waals surface area contributed by atoms with E-state index in [1.165, 1.54) is 23.1 Å². The zero-order chi connectivity index (χ0) is 16.2. The van der Waals surface area contributed by atoms with Gasteiger partial charge in [-0.15, -0.1) is 16.8 Å². The van der Waals surface area contributed by atoms with E-state index in [4.69, 9.17) is 16.3 Å². The molecule has 0 radical (unpaired) electrons. The highest BCUT2D eigenvalue weighted by Gasteiger charge is 2.27. The summed E-state index contributed by atoms with van der Waals surface area (Å²) in [4.78, 5) is 12.4. The molecule has 1 atom stereocenters. The molecule has 3 rings (SSSR count). The number of hydrogen-bond donors (Lipinski definition) is 1. The molecule has 1 unspecified atom stereocenters. The summed E-state index contributed by atoms with van der Waals surface area (Å²) >= 11 is 8.88. The summed E-state index contributed by atoms with van der Waals surface area (Å²) in [5.74, 6) is 1.16. The van der Waals surface area contributed by atoms with Gasteiger partial charge in [0, 0.05) is 10.8 Å². The van der Waals surface area contributed by atoms with Crippen molar-refractivity contribution in [1.29, 1.82) is 0 Å². The molecule has 0 aliphatic carbocycles. The average molecular weight is 368 g/mol. The van der Waals surface area contributed by atoms with Gasteiger partial charge in [0.1, 0.15) is 12.4 Å². The third-order valence-corrected chi connectivity index (χ3v) is 5.46. The Balaban J connectivity index is 1.63. The van der Waals surface area contributed by atoms with Crippen molar-refractivity contribution in [3.05, 3.63) is 41.4 Å². The molecule has 23 heavy (non-hydrogen) atoms. The van der Waals surface area contributed by atoms with E-state index >= 15 is 0 Å². The van der Waals surface area contributed by atoms with Crippen molar-refractivity contribution in [2.75, 3.05) is 17.7 Å². The SMILES string of the molecule is C=CCSc1nnc(NC(=O)C2COc3ccc(Cl)cc3C2)s1. The topological polar surface area (TPSA) is 64.1 Å². The molecule has 0 bridgehead atoms. The molecule has 0 saturated carbocycles. The standard InChI is InChI=1S/C15H14ClN3O2S2/c1-2-5-22-15-19-18-14(23-15)17-13(20)10-6-9-7-11(16)3-4-12(9)21-8-10/h2-4,7,10H,1,5-6,8H2,(H,17,18,20). The molecule has 1 aromatic carbocycles. The Morgan fingerprint density at radius 2 is 2.43 bits per heavy atom. The van der Waals surface area contributed by atoms with E-state index in [1.807, 2.05) is 12.1 Å². The number of hydrogen-bond acceptors (Lipinski definition) is 6. The first-order valence-corrected chi connectivity index (χ1v) is 9.13. The Bertz CT molecular complexity index is 735.